The minimum atomic E-state index is -0.931. The van der Waals surface area contributed by atoms with E-state index in [0.717, 1.165) is 19.3 Å². The Labute approximate surface area is 91.6 Å². The molecule has 0 saturated carbocycles. The zero-order chi connectivity index (χ0) is 9.61. The van der Waals surface area contributed by atoms with Crippen LogP contribution in [0.1, 0.15) is 52.9 Å². The minimum absolute atomic E-state index is 0. The molecular weight excluding hydrogens is 216 g/mol. The number of hydrogen-bond donors (Lipinski definition) is 0. The van der Waals surface area contributed by atoms with Gasteiger partial charge in [-0.2, -0.15) is 0 Å². The van der Waals surface area contributed by atoms with Crippen molar-refractivity contribution in [1.82, 2.24) is 0 Å². The van der Waals surface area contributed by atoms with E-state index in [1.165, 1.54) is 12.8 Å². The van der Waals surface area contributed by atoms with E-state index < -0.39 is 11.4 Å². The number of carbonyl (C=O) groups is 1. The van der Waals surface area contributed by atoms with Gasteiger partial charge in [-0.25, -0.2) is 0 Å². The van der Waals surface area contributed by atoms with Crippen LogP contribution in [-0.4, -0.2) is 5.97 Å². The van der Waals surface area contributed by atoms with Crippen molar-refractivity contribution in [3.63, 3.8) is 0 Å². The van der Waals surface area contributed by atoms with E-state index in [4.69, 9.17) is 0 Å². The molecule has 0 aromatic carbocycles. The normalized spacial score (nSPS) is 10.7. The molecule has 0 spiro atoms. The zero-order valence-electron chi connectivity index (χ0n) is 8.65. The number of hydrogen-bond acceptors (Lipinski definition) is 2. The molecule has 2 nitrogen and oxygen atoms in total. The molecule has 0 saturated heterocycles. The molecule has 0 rings (SSSR count). The van der Waals surface area contributed by atoms with Gasteiger partial charge in [-0.1, -0.05) is 46.5 Å². The van der Waals surface area contributed by atoms with Gasteiger partial charge in [0.1, 0.15) is 0 Å². The van der Waals surface area contributed by atoms with Gasteiger partial charge in [-0.3, -0.25) is 0 Å². The van der Waals surface area contributed by atoms with Crippen LogP contribution in [0.25, 0.3) is 0 Å². The van der Waals surface area contributed by atoms with E-state index in [-0.39, 0.29) is 17.1 Å². The Kier molecular flexibility index (Phi) is 8.80. The largest absolute Gasteiger partial charge is 2.00 e. The molecule has 0 heterocycles. The Balaban J connectivity index is 0. The number of carboxylic acids is 1. The Morgan fingerprint density at radius 2 is 1.77 bits per heavy atom. The van der Waals surface area contributed by atoms with Crippen LogP contribution in [0.2, 0.25) is 0 Å². The summed E-state index contributed by atoms with van der Waals surface area (Å²) in [5, 5.41) is 10.6. The second-order valence-corrected chi connectivity index (χ2v) is 3.98. The predicted octanol–water partition coefficient (Wildman–Crippen LogP) is 1.73. The summed E-state index contributed by atoms with van der Waals surface area (Å²) in [5.41, 5.74) is -0.645. The minimum Gasteiger partial charge on any atom is -0.550 e. The molecule has 1 radical (unpaired) electrons. The first-order chi connectivity index (χ1) is 5.50. The smallest absolute Gasteiger partial charge is 0.550 e. The molecule has 81 valence electrons. The summed E-state index contributed by atoms with van der Waals surface area (Å²) in [4.78, 5) is 10.6. The van der Waals surface area contributed by atoms with Crippen molar-refractivity contribution in [2.24, 2.45) is 5.41 Å². The molecule has 0 aliphatic heterocycles. The van der Waals surface area contributed by atoms with Crippen molar-refractivity contribution < 1.29 is 27.0 Å². The van der Waals surface area contributed by atoms with Crippen LogP contribution < -0.4 is 5.11 Å². The molecule has 0 atom stereocenters. The van der Waals surface area contributed by atoms with Gasteiger partial charge in [0, 0.05) is 11.4 Å². The molecular formula is C10H19CuO2+. The fraction of sp³-hybridized carbons (Fsp3) is 0.900. The van der Waals surface area contributed by atoms with E-state index in [1.807, 2.05) is 0 Å². The van der Waals surface area contributed by atoms with Crippen molar-refractivity contribution in [2.45, 2.75) is 52.9 Å². The molecule has 0 unspecified atom stereocenters. The molecule has 0 bridgehead atoms. The Hall–Kier alpha value is -0.0105. The molecule has 0 aliphatic rings. The van der Waals surface area contributed by atoms with Gasteiger partial charge in [-0.15, -0.1) is 0 Å². The number of carbonyl (C=O) groups excluding carboxylic acids is 1. The van der Waals surface area contributed by atoms with Gasteiger partial charge in [0.2, 0.25) is 0 Å². The van der Waals surface area contributed by atoms with Crippen LogP contribution in [0.15, 0.2) is 0 Å². The van der Waals surface area contributed by atoms with Crippen molar-refractivity contribution in [3.8, 4) is 0 Å². The maximum Gasteiger partial charge on any atom is 2.00 e. The third-order valence-corrected chi connectivity index (χ3v) is 2.21. The fourth-order valence-corrected chi connectivity index (χ4v) is 1.10. The third kappa shape index (κ3) is 7.09. The average molecular weight is 235 g/mol. The van der Waals surface area contributed by atoms with Crippen LogP contribution in [0.5, 0.6) is 0 Å². The first kappa shape index (κ1) is 15.5. The van der Waals surface area contributed by atoms with Crippen molar-refractivity contribution >= 4 is 5.97 Å². The molecule has 0 N–H and O–H groups in total. The number of carboxylic acid groups (broad SMARTS) is 1. The van der Waals surface area contributed by atoms with E-state index in [9.17, 15) is 9.90 Å². The first-order valence-electron chi connectivity index (χ1n) is 4.72. The number of rotatable bonds is 6. The summed E-state index contributed by atoms with van der Waals surface area (Å²) in [7, 11) is 0. The summed E-state index contributed by atoms with van der Waals surface area (Å²) in [6.07, 6.45) is 5.24. The van der Waals surface area contributed by atoms with Crippen molar-refractivity contribution in [3.05, 3.63) is 0 Å². The van der Waals surface area contributed by atoms with E-state index in [2.05, 4.69) is 6.92 Å². The van der Waals surface area contributed by atoms with Gasteiger partial charge in [-0.05, 0) is 6.42 Å². The van der Waals surface area contributed by atoms with Gasteiger partial charge in [0.05, 0.1) is 0 Å². The van der Waals surface area contributed by atoms with Gasteiger partial charge in [0.25, 0.3) is 0 Å². The Bertz CT molecular complexity index is 144. The quantitative estimate of drug-likeness (QED) is 0.519. The van der Waals surface area contributed by atoms with E-state index in [0.29, 0.717) is 0 Å². The zero-order valence-corrected chi connectivity index (χ0v) is 9.60. The summed E-state index contributed by atoms with van der Waals surface area (Å²) in [5.74, 6) is -0.931. The van der Waals surface area contributed by atoms with E-state index >= 15 is 0 Å². The number of aliphatic carboxylic acids is 1. The van der Waals surface area contributed by atoms with Crippen LogP contribution in [0, 0.1) is 5.41 Å². The molecule has 0 aliphatic carbocycles. The molecule has 3 heteroatoms. The Morgan fingerprint density at radius 3 is 2.15 bits per heavy atom. The second kappa shape index (κ2) is 7.40. The number of unbranched alkanes of at least 4 members (excludes halogenated alkanes) is 3. The summed E-state index contributed by atoms with van der Waals surface area (Å²) >= 11 is 0. The third-order valence-electron chi connectivity index (χ3n) is 2.21. The maximum absolute atomic E-state index is 10.6. The molecule has 0 aromatic heterocycles. The van der Waals surface area contributed by atoms with Crippen molar-refractivity contribution in [1.29, 1.82) is 0 Å². The van der Waals surface area contributed by atoms with Crippen LogP contribution in [0.3, 0.4) is 0 Å². The predicted molar refractivity (Wildman–Crippen MR) is 47.5 cm³/mol. The molecule has 0 aromatic rings. The van der Waals surface area contributed by atoms with Gasteiger partial charge >= 0.3 is 17.1 Å². The van der Waals surface area contributed by atoms with Gasteiger partial charge in [0.15, 0.2) is 0 Å². The first-order valence-corrected chi connectivity index (χ1v) is 4.72. The average Bonchev–Trinajstić information content (AvgIpc) is 1.98. The van der Waals surface area contributed by atoms with Gasteiger partial charge < -0.3 is 9.90 Å². The summed E-state index contributed by atoms with van der Waals surface area (Å²) in [6, 6.07) is 0. The van der Waals surface area contributed by atoms with E-state index in [1.54, 1.807) is 13.8 Å². The SMILES string of the molecule is CCCCCCC(C)(C)C(=O)[O-].[Cu+2]. The molecule has 13 heavy (non-hydrogen) atoms. The standard InChI is InChI=1S/C10H20O2.Cu/c1-4-5-6-7-8-10(2,3)9(11)12;/h4-8H2,1-3H3,(H,11,12);/q;+2/p-1. The molecule has 0 amide bonds. The van der Waals surface area contributed by atoms with Crippen LogP contribution in [-0.2, 0) is 21.9 Å². The van der Waals surface area contributed by atoms with Crippen LogP contribution in [0.4, 0.5) is 0 Å². The topological polar surface area (TPSA) is 40.1 Å². The summed E-state index contributed by atoms with van der Waals surface area (Å²) in [6.45, 7) is 5.60. The summed E-state index contributed by atoms with van der Waals surface area (Å²) < 4.78 is 0. The van der Waals surface area contributed by atoms with Crippen LogP contribution >= 0.6 is 0 Å². The maximum atomic E-state index is 10.6. The Morgan fingerprint density at radius 1 is 1.23 bits per heavy atom. The fourth-order valence-electron chi connectivity index (χ4n) is 1.10. The monoisotopic (exact) mass is 234 g/mol. The second-order valence-electron chi connectivity index (χ2n) is 3.98. The van der Waals surface area contributed by atoms with Crippen molar-refractivity contribution in [2.75, 3.05) is 0 Å². The molecule has 0 fully saturated rings.